The van der Waals surface area contributed by atoms with Gasteiger partial charge in [0.1, 0.15) is 5.69 Å². The summed E-state index contributed by atoms with van der Waals surface area (Å²) in [6.45, 7) is 5.07. The summed E-state index contributed by atoms with van der Waals surface area (Å²) in [4.78, 5) is 22.6. The van der Waals surface area contributed by atoms with Gasteiger partial charge in [-0.1, -0.05) is 6.08 Å². The zero-order valence-corrected chi connectivity index (χ0v) is 20.3. The third-order valence-corrected chi connectivity index (χ3v) is 5.15. The Balaban J connectivity index is 0.00000225. The molecular formula is C20H25Cl2FIN5O. The van der Waals surface area contributed by atoms with Crippen LogP contribution in [0.4, 0.5) is 4.39 Å². The summed E-state index contributed by atoms with van der Waals surface area (Å²) in [5.41, 5.74) is 2.78. The highest BCUT2D eigenvalue weighted by molar-refractivity contribution is 14.1. The van der Waals surface area contributed by atoms with Crippen LogP contribution in [-0.4, -0.2) is 53.5 Å². The average Bonchev–Trinajstić information content (AvgIpc) is 2.70. The molecule has 2 aromatic rings. The first kappa shape index (κ1) is 26.5. The Bertz CT molecular complexity index is 925. The van der Waals surface area contributed by atoms with Gasteiger partial charge >= 0.3 is 0 Å². The summed E-state index contributed by atoms with van der Waals surface area (Å²) in [5, 5.41) is 6.09. The molecule has 0 fully saturated rings. The molecule has 0 radical (unpaired) electrons. The van der Waals surface area contributed by atoms with Crippen molar-refractivity contribution in [3.05, 3.63) is 57.3 Å². The molecule has 1 aromatic heterocycles. The molecule has 0 unspecified atom stereocenters. The molecule has 0 saturated heterocycles. The Kier molecular flexibility index (Phi) is 11.5. The van der Waals surface area contributed by atoms with Gasteiger partial charge in [-0.15, -0.1) is 24.8 Å². The van der Waals surface area contributed by atoms with E-state index in [0.29, 0.717) is 37.4 Å². The van der Waals surface area contributed by atoms with Crippen LogP contribution in [0.2, 0.25) is 0 Å². The summed E-state index contributed by atoms with van der Waals surface area (Å²) in [6, 6.07) is 5.72. The summed E-state index contributed by atoms with van der Waals surface area (Å²) in [7, 11) is 0. The summed E-state index contributed by atoms with van der Waals surface area (Å²) in [5.74, 6) is -0.409. The molecule has 1 aliphatic rings. The van der Waals surface area contributed by atoms with Crippen molar-refractivity contribution in [3.63, 3.8) is 0 Å². The van der Waals surface area contributed by atoms with Crippen molar-refractivity contribution >= 4 is 64.3 Å². The number of nitrogens with zero attached hydrogens (tertiary/aromatic N) is 3. The van der Waals surface area contributed by atoms with E-state index in [-0.39, 0.29) is 36.7 Å². The fourth-order valence-electron chi connectivity index (χ4n) is 2.88. The zero-order valence-electron chi connectivity index (χ0n) is 16.5. The lowest BCUT2D eigenvalue weighted by Crippen LogP contribution is -2.33. The second-order valence-electron chi connectivity index (χ2n) is 6.43. The lowest BCUT2D eigenvalue weighted by atomic mass is 10.1. The highest BCUT2D eigenvalue weighted by atomic mass is 127. The van der Waals surface area contributed by atoms with Crippen molar-refractivity contribution in [1.82, 2.24) is 25.5 Å². The molecule has 1 aliphatic heterocycles. The van der Waals surface area contributed by atoms with Gasteiger partial charge < -0.3 is 15.5 Å². The molecule has 0 spiro atoms. The number of fused-ring (bicyclic) bond motifs is 1. The van der Waals surface area contributed by atoms with Gasteiger partial charge in [-0.2, -0.15) is 4.39 Å². The first-order valence-electron chi connectivity index (χ1n) is 9.29. The molecule has 1 amide bonds. The number of aromatic nitrogens is 2. The lowest BCUT2D eigenvalue weighted by Gasteiger charge is -2.23. The molecular weight excluding hydrogens is 543 g/mol. The van der Waals surface area contributed by atoms with Gasteiger partial charge in [0.05, 0.1) is 17.2 Å². The summed E-state index contributed by atoms with van der Waals surface area (Å²) >= 11 is 2.22. The van der Waals surface area contributed by atoms with Crippen LogP contribution in [0.25, 0.3) is 11.0 Å². The highest BCUT2D eigenvalue weighted by Crippen LogP contribution is 2.17. The molecule has 0 saturated carbocycles. The first-order valence-corrected chi connectivity index (χ1v) is 10.4. The second-order valence-corrected chi connectivity index (χ2v) is 7.67. The molecule has 0 bridgehead atoms. The summed E-state index contributed by atoms with van der Waals surface area (Å²) in [6.07, 6.45) is 5.90. The van der Waals surface area contributed by atoms with Gasteiger partial charge in [-0.3, -0.25) is 9.78 Å². The first-order chi connectivity index (χ1) is 13.6. The molecule has 2 N–H and O–H groups in total. The minimum atomic E-state index is -0.241. The molecule has 30 heavy (non-hydrogen) atoms. The van der Waals surface area contributed by atoms with Crippen LogP contribution in [-0.2, 0) is 0 Å². The maximum atomic E-state index is 13.8. The third kappa shape index (κ3) is 7.33. The van der Waals surface area contributed by atoms with Gasteiger partial charge in [-0.05, 0) is 72.3 Å². The van der Waals surface area contributed by atoms with Crippen LogP contribution in [0.3, 0.4) is 0 Å². The fraction of sp³-hybridized carbons (Fsp3) is 0.350. The van der Waals surface area contributed by atoms with E-state index >= 15 is 0 Å². The number of amides is 1. The minimum Gasteiger partial charge on any atom is -0.349 e. The predicted molar refractivity (Wildman–Crippen MR) is 131 cm³/mol. The molecule has 1 aromatic carbocycles. The van der Waals surface area contributed by atoms with Gasteiger partial charge in [0.15, 0.2) is 5.95 Å². The van der Waals surface area contributed by atoms with E-state index in [0.717, 1.165) is 27.6 Å². The second kappa shape index (κ2) is 13.0. The number of rotatable bonds is 8. The lowest BCUT2D eigenvalue weighted by molar-refractivity contribution is 0.0949. The molecule has 10 heteroatoms. The third-order valence-electron chi connectivity index (χ3n) is 4.48. The summed E-state index contributed by atoms with van der Waals surface area (Å²) < 4.78 is 14.8. The molecule has 2 heterocycles. The van der Waals surface area contributed by atoms with Gasteiger partial charge in [0, 0.05) is 29.7 Å². The number of hydrogen-bond donors (Lipinski definition) is 2. The fourth-order valence-corrected chi connectivity index (χ4v) is 3.35. The van der Waals surface area contributed by atoms with E-state index in [1.54, 1.807) is 11.0 Å². The van der Waals surface area contributed by atoms with Crippen molar-refractivity contribution in [2.75, 3.05) is 32.7 Å². The standard InChI is InChI=1S/C20H23FIN5O.2ClH/c1-2-27-10-6-14(11-19(27)21)5-7-23-8-9-24-20(28)18-13-25-17-12-15(22)3-4-16(17)26-18;;/h3-4,6,11-13,23H,2,5,7-10H2,1H3,(H,24,28);2*1H. The smallest absolute Gasteiger partial charge is 0.271 e. The Morgan fingerprint density at radius 2 is 2.03 bits per heavy atom. The monoisotopic (exact) mass is 567 g/mol. The number of allylic oxidation sites excluding steroid dienone is 1. The topological polar surface area (TPSA) is 70.2 Å². The Hall–Kier alpha value is -1.49. The maximum Gasteiger partial charge on any atom is 0.271 e. The van der Waals surface area contributed by atoms with E-state index in [2.05, 4.69) is 49.3 Å². The van der Waals surface area contributed by atoms with Crippen LogP contribution < -0.4 is 10.6 Å². The van der Waals surface area contributed by atoms with E-state index < -0.39 is 0 Å². The number of hydrogen-bond acceptors (Lipinski definition) is 5. The van der Waals surface area contributed by atoms with E-state index in [4.69, 9.17) is 0 Å². The highest BCUT2D eigenvalue weighted by Gasteiger charge is 2.12. The van der Waals surface area contributed by atoms with Crippen LogP contribution in [0.5, 0.6) is 0 Å². The number of halogens is 4. The normalized spacial score (nSPS) is 13.1. The zero-order chi connectivity index (χ0) is 19.9. The number of carbonyl (C=O) groups is 1. The number of nitrogens with one attached hydrogen (secondary N) is 2. The van der Waals surface area contributed by atoms with E-state index in [9.17, 15) is 9.18 Å². The maximum absolute atomic E-state index is 13.8. The van der Waals surface area contributed by atoms with Crippen molar-refractivity contribution in [1.29, 1.82) is 0 Å². The predicted octanol–water partition coefficient (Wildman–Crippen LogP) is 3.86. The van der Waals surface area contributed by atoms with E-state index in [1.807, 2.05) is 25.1 Å². The molecule has 6 nitrogen and oxygen atoms in total. The largest absolute Gasteiger partial charge is 0.349 e. The Morgan fingerprint density at radius 1 is 1.23 bits per heavy atom. The number of carbonyl (C=O) groups excluding carboxylic acids is 1. The van der Waals surface area contributed by atoms with Crippen molar-refractivity contribution in [2.24, 2.45) is 0 Å². The molecule has 3 rings (SSSR count). The molecule has 0 atom stereocenters. The Labute approximate surface area is 201 Å². The van der Waals surface area contributed by atoms with Crippen molar-refractivity contribution in [2.45, 2.75) is 13.3 Å². The molecule has 164 valence electrons. The minimum absolute atomic E-state index is 0. The van der Waals surface area contributed by atoms with Crippen molar-refractivity contribution in [3.8, 4) is 0 Å². The molecule has 0 aliphatic carbocycles. The van der Waals surface area contributed by atoms with Gasteiger partial charge in [-0.25, -0.2) is 4.98 Å². The van der Waals surface area contributed by atoms with Crippen LogP contribution in [0.1, 0.15) is 23.8 Å². The van der Waals surface area contributed by atoms with Crippen LogP contribution in [0.15, 0.2) is 48.1 Å². The Morgan fingerprint density at radius 3 is 2.77 bits per heavy atom. The van der Waals surface area contributed by atoms with Gasteiger partial charge in [0.25, 0.3) is 5.91 Å². The number of benzene rings is 1. The van der Waals surface area contributed by atoms with Crippen LogP contribution >= 0.6 is 47.4 Å². The van der Waals surface area contributed by atoms with Crippen LogP contribution in [0, 0.1) is 3.57 Å². The number of likely N-dealkylation sites (N-methyl/N-ethyl adjacent to an activating group) is 1. The quantitative estimate of drug-likeness (QED) is 0.288. The SMILES string of the molecule is CCN1CC=C(CCNCCNC(=O)c2cnc3cc(I)ccc3n2)C=C1F.Cl.Cl. The average molecular weight is 568 g/mol. The van der Waals surface area contributed by atoms with Gasteiger partial charge in [0.2, 0.25) is 0 Å². The van der Waals surface area contributed by atoms with E-state index in [1.165, 1.54) is 6.20 Å². The van der Waals surface area contributed by atoms with Crippen molar-refractivity contribution < 1.29 is 9.18 Å².